The number of fused-ring (bicyclic) bond motifs is 1. The van der Waals surface area contributed by atoms with Crippen molar-refractivity contribution in [2.45, 2.75) is 38.3 Å². The van der Waals surface area contributed by atoms with Gasteiger partial charge < -0.3 is 5.11 Å². The predicted octanol–water partition coefficient (Wildman–Crippen LogP) is 1.52. The van der Waals surface area contributed by atoms with Crippen LogP contribution in [0.15, 0.2) is 12.3 Å². The number of hydrogen-bond acceptors (Lipinski definition) is 2. The number of aliphatic hydroxyl groups is 1. The van der Waals surface area contributed by atoms with Gasteiger partial charge in [0, 0.05) is 12.7 Å². The Hall–Kier alpha value is -0.830. The smallest absolute Gasteiger partial charge is 0.109 e. The Morgan fingerprint density at radius 2 is 2.57 bits per heavy atom. The fourth-order valence-electron chi connectivity index (χ4n) is 3.01. The molecule has 2 saturated carbocycles. The molecule has 0 aromatic carbocycles. The van der Waals surface area contributed by atoms with E-state index in [9.17, 15) is 5.11 Å². The molecule has 1 N–H and O–H groups in total. The Morgan fingerprint density at radius 1 is 1.71 bits per heavy atom. The minimum atomic E-state index is -0.558. The fourth-order valence-corrected chi connectivity index (χ4v) is 3.01. The molecule has 0 bridgehead atoms. The van der Waals surface area contributed by atoms with Crippen molar-refractivity contribution >= 4 is 0 Å². The first-order valence-electron chi connectivity index (χ1n) is 5.50. The van der Waals surface area contributed by atoms with Crippen LogP contribution >= 0.6 is 0 Å². The lowest BCUT2D eigenvalue weighted by Crippen LogP contribution is -2.29. The van der Waals surface area contributed by atoms with Crippen LogP contribution in [-0.2, 0) is 12.1 Å². The van der Waals surface area contributed by atoms with Gasteiger partial charge in [-0.15, -0.1) is 0 Å². The van der Waals surface area contributed by atoms with Gasteiger partial charge in [0.25, 0.3) is 0 Å². The van der Waals surface area contributed by atoms with Crippen LogP contribution in [0.2, 0.25) is 0 Å². The van der Waals surface area contributed by atoms with Gasteiger partial charge in [-0.05, 0) is 44.1 Å². The first kappa shape index (κ1) is 8.48. The van der Waals surface area contributed by atoms with E-state index >= 15 is 0 Å². The Morgan fingerprint density at radius 3 is 3.14 bits per heavy atom. The first-order chi connectivity index (χ1) is 6.75. The molecule has 76 valence electrons. The molecule has 1 heterocycles. The topological polar surface area (TPSA) is 38.0 Å². The summed E-state index contributed by atoms with van der Waals surface area (Å²) < 4.78 is 1.93. The van der Waals surface area contributed by atoms with Gasteiger partial charge in [0.1, 0.15) is 5.60 Å². The SMILES string of the molecule is CCn1nccc1C1(O)CCC2CC21. The highest BCUT2D eigenvalue weighted by Gasteiger charge is 2.58. The van der Waals surface area contributed by atoms with Crippen LogP contribution in [0.4, 0.5) is 0 Å². The van der Waals surface area contributed by atoms with Crippen molar-refractivity contribution in [1.82, 2.24) is 9.78 Å². The molecule has 2 aliphatic rings. The monoisotopic (exact) mass is 192 g/mol. The summed E-state index contributed by atoms with van der Waals surface area (Å²) in [5, 5.41) is 14.8. The summed E-state index contributed by atoms with van der Waals surface area (Å²) >= 11 is 0. The van der Waals surface area contributed by atoms with Crippen LogP contribution in [0.1, 0.15) is 31.9 Å². The van der Waals surface area contributed by atoms with E-state index in [0.29, 0.717) is 5.92 Å². The second kappa shape index (κ2) is 2.60. The fraction of sp³-hybridized carbons (Fsp3) is 0.727. The number of aryl methyl sites for hydroxylation is 1. The first-order valence-corrected chi connectivity index (χ1v) is 5.50. The van der Waals surface area contributed by atoms with Crippen molar-refractivity contribution in [1.29, 1.82) is 0 Å². The highest BCUT2D eigenvalue weighted by molar-refractivity contribution is 5.21. The summed E-state index contributed by atoms with van der Waals surface area (Å²) in [5.41, 5.74) is 0.474. The third-order valence-corrected chi connectivity index (χ3v) is 3.89. The number of rotatable bonds is 2. The van der Waals surface area contributed by atoms with Crippen LogP contribution in [-0.4, -0.2) is 14.9 Å². The van der Waals surface area contributed by atoms with Gasteiger partial charge >= 0.3 is 0 Å². The van der Waals surface area contributed by atoms with Gasteiger partial charge in [-0.25, -0.2) is 0 Å². The quantitative estimate of drug-likeness (QED) is 0.771. The summed E-state index contributed by atoms with van der Waals surface area (Å²) in [4.78, 5) is 0. The van der Waals surface area contributed by atoms with E-state index in [1.165, 1.54) is 12.8 Å². The Labute approximate surface area is 83.7 Å². The highest BCUT2D eigenvalue weighted by Crippen LogP contribution is 2.61. The van der Waals surface area contributed by atoms with Gasteiger partial charge in [-0.1, -0.05) is 0 Å². The summed E-state index contributed by atoms with van der Waals surface area (Å²) in [6, 6.07) is 1.98. The summed E-state index contributed by atoms with van der Waals surface area (Å²) in [6.45, 7) is 2.92. The summed E-state index contributed by atoms with van der Waals surface area (Å²) in [7, 11) is 0. The zero-order chi connectivity index (χ0) is 9.76. The van der Waals surface area contributed by atoms with Crippen molar-refractivity contribution in [2.75, 3.05) is 0 Å². The molecule has 1 aromatic heterocycles. The zero-order valence-electron chi connectivity index (χ0n) is 8.48. The summed E-state index contributed by atoms with van der Waals surface area (Å²) in [6.07, 6.45) is 5.13. The molecule has 0 spiro atoms. The van der Waals surface area contributed by atoms with Gasteiger partial charge in [-0.2, -0.15) is 5.10 Å². The molecule has 3 rings (SSSR count). The highest BCUT2D eigenvalue weighted by atomic mass is 16.3. The van der Waals surface area contributed by atoms with E-state index in [2.05, 4.69) is 12.0 Å². The Balaban J connectivity index is 2.01. The normalized spacial score (nSPS) is 39.9. The number of aromatic nitrogens is 2. The predicted molar refractivity (Wildman–Crippen MR) is 52.6 cm³/mol. The molecule has 3 unspecified atom stereocenters. The minimum Gasteiger partial charge on any atom is -0.383 e. The lowest BCUT2D eigenvalue weighted by atomic mass is 9.93. The molecular formula is C11H16N2O. The molecule has 14 heavy (non-hydrogen) atoms. The Bertz CT molecular complexity index is 360. The third-order valence-electron chi connectivity index (χ3n) is 3.89. The van der Waals surface area contributed by atoms with Crippen molar-refractivity contribution in [3.8, 4) is 0 Å². The number of hydrogen-bond donors (Lipinski definition) is 1. The second-order valence-corrected chi connectivity index (χ2v) is 4.60. The van der Waals surface area contributed by atoms with Crippen LogP contribution in [0, 0.1) is 11.8 Å². The van der Waals surface area contributed by atoms with Gasteiger partial charge in [0.15, 0.2) is 0 Å². The lowest BCUT2D eigenvalue weighted by molar-refractivity contribution is 0.0119. The molecule has 3 atom stereocenters. The van der Waals surface area contributed by atoms with E-state index in [-0.39, 0.29) is 0 Å². The van der Waals surface area contributed by atoms with Crippen LogP contribution in [0.25, 0.3) is 0 Å². The molecule has 1 aromatic rings. The maximum atomic E-state index is 10.6. The molecule has 2 aliphatic carbocycles. The van der Waals surface area contributed by atoms with Crippen LogP contribution in [0.3, 0.4) is 0 Å². The largest absolute Gasteiger partial charge is 0.383 e. The van der Waals surface area contributed by atoms with E-state index in [4.69, 9.17) is 0 Å². The average molecular weight is 192 g/mol. The van der Waals surface area contributed by atoms with E-state index in [1.54, 1.807) is 6.20 Å². The van der Waals surface area contributed by atoms with Crippen molar-refractivity contribution < 1.29 is 5.11 Å². The molecule has 0 aliphatic heterocycles. The molecular weight excluding hydrogens is 176 g/mol. The maximum absolute atomic E-state index is 10.6. The molecule has 0 saturated heterocycles. The Kier molecular flexibility index (Phi) is 1.57. The van der Waals surface area contributed by atoms with Crippen LogP contribution in [0.5, 0.6) is 0 Å². The number of nitrogens with zero attached hydrogens (tertiary/aromatic N) is 2. The summed E-state index contributed by atoms with van der Waals surface area (Å²) in [5.74, 6) is 1.31. The maximum Gasteiger partial charge on any atom is 0.109 e. The van der Waals surface area contributed by atoms with E-state index < -0.39 is 5.60 Å². The van der Waals surface area contributed by atoms with Gasteiger partial charge in [0.2, 0.25) is 0 Å². The zero-order valence-corrected chi connectivity index (χ0v) is 8.48. The van der Waals surface area contributed by atoms with Crippen molar-refractivity contribution in [2.24, 2.45) is 11.8 Å². The van der Waals surface area contributed by atoms with Gasteiger partial charge in [0.05, 0.1) is 5.69 Å². The van der Waals surface area contributed by atoms with Crippen molar-refractivity contribution in [3.63, 3.8) is 0 Å². The molecule has 2 fully saturated rings. The molecule has 0 amide bonds. The average Bonchev–Trinajstić information content (AvgIpc) is 2.70. The van der Waals surface area contributed by atoms with Crippen molar-refractivity contribution in [3.05, 3.63) is 18.0 Å². The second-order valence-electron chi connectivity index (χ2n) is 4.60. The van der Waals surface area contributed by atoms with Gasteiger partial charge in [-0.3, -0.25) is 4.68 Å². The molecule has 0 radical (unpaired) electrons. The van der Waals surface area contributed by atoms with E-state index in [0.717, 1.165) is 24.6 Å². The molecule has 3 nitrogen and oxygen atoms in total. The standard InChI is InChI=1S/C11H16N2O/c1-2-13-10(4-6-12-13)11(14)5-3-8-7-9(8)11/h4,6,8-9,14H,2-3,5,7H2,1H3. The van der Waals surface area contributed by atoms with E-state index in [1.807, 2.05) is 10.7 Å². The van der Waals surface area contributed by atoms with Crippen LogP contribution < -0.4 is 0 Å². The third kappa shape index (κ3) is 0.934. The minimum absolute atomic E-state index is 0.518. The lowest BCUT2D eigenvalue weighted by Gasteiger charge is -2.25. The molecule has 3 heteroatoms.